The quantitative estimate of drug-likeness (QED) is 0.287. The zero-order valence-electron chi connectivity index (χ0n) is 13.4. The largest absolute Gasteiger partial charge is 0.368 e. The number of carbonyl (C=O) groups is 3. The van der Waals surface area contributed by atoms with Gasteiger partial charge >= 0.3 is 0 Å². The van der Waals surface area contributed by atoms with Crippen molar-refractivity contribution in [3.63, 3.8) is 0 Å². The van der Waals surface area contributed by atoms with E-state index in [0.29, 0.717) is 11.4 Å². The summed E-state index contributed by atoms with van der Waals surface area (Å²) in [5, 5.41) is 4.95. The predicted molar refractivity (Wildman–Crippen MR) is 86.7 cm³/mol. The van der Waals surface area contributed by atoms with Crippen molar-refractivity contribution in [3.05, 3.63) is 36.4 Å². The Hall–Kier alpha value is -3.21. The second-order valence-corrected chi connectivity index (χ2v) is 5.41. The maximum atomic E-state index is 12.3. The first-order valence-electron chi connectivity index (χ1n) is 7.52. The van der Waals surface area contributed by atoms with Gasteiger partial charge in [-0.15, -0.1) is 0 Å². The van der Waals surface area contributed by atoms with Crippen LogP contribution in [0.2, 0.25) is 0 Å². The van der Waals surface area contributed by atoms with Gasteiger partial charge in [-0.1, -0.05) is 0 Å². The summed E-state index contributed by atoms with van der Waals surface area (Å²) in [6.45, 7) is -0.325. The number of rotatable bonds is 9. The Morgan fingerprint density at radius 1 is 1.04 bits per heavy atom. The van der Waals surface area contributed by atoms with E-state index in [1.165, 1.54) is 18.9 Å². The van der Waals surface area contributed by atoms with Crippen LogP contribution in [0.1, 0.15) is 11.4 Å². The number of H-pyrrole nitrogens is 2. The zero-order chi connectivity index (χ0) is 18.2. The van der Waals surface area contributed by atoms with Crippen LogP contribution in [0.15, 0.2) is 25.0 Å². The molecule has 8 N–H and O–H groups in total. The minimum Gasteiger partial charge on any atom is -0.368 e. The third-order valence-corrected chi connectivity index (χ3v) is 3.38. The first-order valence-corrected chi connectivity index (χ1v) is 7.52. The number of hydrogen-bond acceptors (Lipinski definition) is 6. The van der Waals surface area contributed by atoms with E-state index >= 15 is 0 Å². The van der Waals surface area contributed by atoms with E-state index in [2.05, 4.69) is 30.6 Å². The van der Waals surface area contributed by atoms with Gasteiger partial charge in [0.2, 0.25) is 17.7 Å². The molecule has 0 aliphatic rings. The SMILES string of the molecule is NC(=O)CNC(=O)C(Cc1cnc[nH]1)NC(=O)C(N)Cc1cnc[nH]1. The van der Waals surface area contributed by atoms with Gasteiger partial charge in [-0.2, -0.15) is 0 Å². The van der Waals surface area contributed by atoms with Crippen molar-refractivity contribution in [2.24, 2.45) is 11.5 Å². The third kappa shape index (κ3) is 5.73. The third-order valence-electron chi connectivity index (χ3n) is 3.38. The number of nitrogens with two attached hydrogens (primary N) is 2. The normalized spacial score (nSPS) is 13.0. The molecular formula is C14H20N8O3. The molecule has 0 spiro atoms. The lowest BCUT2D eigenvalue weighted by Gasteiger charge is -2.20. The summed E-state index contributed by atoms with van der Waals surface area (Å²) in [7, 11) is 0. The first-order chi connectivity index (χ1) is 12.0. The summed E-state index contributed by atoms with van der Waals surface area (Å²) in [6.07, 6.45) is 6.44. The van der Waals surface area contributed by atoms with Crippen LogP contribution in [-0.2, 0) is 27.2 Å². The van der Waals surface area contributed by atoms with Crippen molar-refractivity contribution < 1.29 is 14.4 Å². The Morgan fingerprint density at radius 3 is 2.16 bits per heavy atom. The lowest BCUT2D eigenvalue weighted by molar-refractivity contribution is -0.130. The Labute approximate surface area is 143 Å². The molecule has 0 fully saturated rings. The minimum absolute atomic E-state index is 0.160. The zero-order valence-corrected chi connectivity index (χ0v) is 13.4. The molecule has 0 saturated heterocycles. The number of primary amides is 1. The molecule has 11 heteroatoms. The van der Waals surface area contributed by atoms with Gasteiger partial charge in [0.15, 0.2) is 0 Å². The van der Waals surface area contributed by atoms with E-state index in [4.69, 9.17) is 11.5 Å². The second kappa shape index (κ2) is 8.59. The van der Waals surface area contributed by atoms with Crippen LogP contribution in [0.4, 0.5) is 0 Å². The van der Waals surface area contributed by atoms with E-state index in [-0.39, 0.29) is 19.4 Å². The fraction of sp³-hybridized carbons (Fsp3) is 0.357. The van der Waals surface area contributed by atoms with Gasteiger partial charge in [0.05, 0.1) is 25.2 Å². The van der Waals surface area contributed by atoms with Crippen molar-refractivity contribution in [2.45, 2.75) is 24.9 Å². The van der Waals surface area contributed by atoms with Gasteiger partial charge in [-0.05, 0) is 0 Å². The monoisotopic (exact) mass is 348 g/mol. The van der Waals surface area contributed by atoms with Crippen molar-refractivity contribution in [1.29, 1.82) is 0 Å². The lowest BCUT2D eigenvalue weighted by atomic mass is 10.1. The highest BCUT2D eigenvalue weighted by Gasteiger charge is 2.25. The summed E-state index contributed by atoms with van der Waals surface area (Å²) in [5.41, 5.74) is 12.2. The van der Waals surface area contributed by atoms with Crippen LogP contribution in [0.5, 0.6) is 0 Å². The molecule has 2 unspecified atom stereocenters. The highest BCUT2D eigenvalue weighted by Crippen LogP contribution is 2.01. The van der Waals surface area contributed by atoms with Crippen molar-refractivity contribution in [1.82, 2.24) is 30.6 Å². The molecule has 0 bridgehead atoms. The summed E-state index contributed by atoms with van der Waals surface area (Å²) in [5.74, 6) is -1.74. The molecule has 11 nitrogen and oxygen atoms in total. The Kier molecular flexibility index (Phi) is 6.23. The number of aromatic nitrogens is 4. The van der Waals surface area contributed by atoms with Crippen molar-refractivity contribution in [2.75, 3.05) is 6.54 Å². The smallest absolute Gasteiger partial charge is 0.243 e. The van der Waals surface area contributed by atoms with Gasteiger partial charge in [0.1, 0.15) is 6.04 Å². The lowest BCUT2D eigenvalue weighted by Crippen LogP contribution is -2.53. The average molecular weight is 348 g/mol. The molecule has 2 rings (SSSR count). The summed E-state index contributed by atoms with van der Waals surface area (Å²) in [4.78, 5) is 48.7. The molecule has 0 aliphatic carbocycles. The maximum absolute atomic E-state index is 12.3. The molecule has 134 valence electrons. The molecule has 25 heavy (non-hydrogen) atoms. The molecule has 0 radical (unpaired) electrons. The van der Waals surface area contributed by atoms with Crippen LogP contribution < -0.4 is 22.1 Å². The van der Waals surface area contributed by atoms with Gasteiger partial charge in [0.25, 0.3) is 0 Å². The number of aromatic amines is 2. The fourth-order valence-electron chi connectivity index (χ4n) is 2.13. The van der Waals surface area contributed by atoms with Gasteiger partial charge in [-0.3, -0.25) is 14.4 Å². The second-order valence-electron chi connectivity index (χ2n) is 5.41. The fourth-order valence-corrected chi connectivity index (χ4v) is 2.13. The molecule has 0 saturated carbocycles. The Morgan fingerprint density at radius 2 is 1.64 bits per heavy atom. The Bertz CT molecular complexity index is 698. The molecule has 2 heterocycles. The highest BCUT2D eigenvalue weighted by molar-refractivity contribution is 5.91. The molecular weight excluding hydrogens is 328 g/mol. The summed E-state index contributed by atoms with van der Waals surface area (Å²) >= 11 is 0. The number of nitrogens with one attached hydrogen (secondary N) is 4. The van der Waals surface area contributed by atoms with Crippen LogP contribution in [0, 0.1) is 0 Å². The van der Waals surface area contributed by atoms with Crippen LogP contribution in [-0.4, -0.2) is 56.3 Å². The average Bonchev–Trinajstić information content (AvgIpc) is 3.25. The van der Waals surface area contributed by atoms with E-state index in [1.54, 1.807) is 6.20 Å². The van der Waals surface area contributed by atoms with Crippen LogP contribution in [0.25, 0.3) is 0 Å². The van der Waals surface area contributed by atoms with Gasteiger partial charge < -0.3 is 32.1 Å². The van der Waals surface area contributed by atoms with Crippen molar-refractivity contribution in [3.8, 4) is 0 Å². The van der Waals surface area contributed by atoms with E-state index < -0.39 is 29.8 Å². The summed E-state index contributed by atoms with van der Waals surface area (Å²) in [6, 6.07) is -1.80. The molecule has 3 amide bonds. The molecule has 0 aliphatic heterocycles. The molecule has 2 atom stereocenters. The van der Waals surface area contributed by atoms with Crippen molar-refractivity contribution >= 4 is 17.7 Å². The number of carbonyl (C=O) groups excluding carboxylic acids is 3. The maximum Gasteiger partial charge on any atom is 0.243 e. The molecule has 0 aromatic carbocycles. The Balaban J connectivity index is 1.99. The van der Waals surface area contributed by atoms with Crippen LogP contribution >= 0.6 is 0 Å². The molecule has 2 aromatic rings. The summed E-state index contributed by atoms with van der Waals surface area (Å²) < 4.78 is 0. The number of hydrogen-bond donors (Lipinski definition) is 6. The minimum atomic E-state index is -0.930. The van der Waals surface area contributed by atoms with E-state index in [1.807, 2.05) is 0 Å². The topological polar surface area (TPSA) is 185 Å². The molecule has 2 aromatic heterocycles. The number of nitrogens with zero attached hydrogens (tertiary/aromatic N) is 2. The number of imidazole rings is 2. The highest BCUT2D eigenvalue weighted by atomic mass is 16.2. The predicted octanol–water partition coefficient (Wildman–Crippen LogP) is -2.67. The number of amides is 3. The first kappa shape index (κ1) is 18.1. The van der Waals surface area contributed by atoms with Gasteiger partial charge in [0, 0.05) is 36.6 Å². The van der Waals surface area contributed by atoms with Crippen LogP contribution in [0.3, 0.4) is 0 Å². The van der Waals surface area contributed by atoms with E-state index in [0.717, 1.165) is 0 Å². The van der Waals surface area contributed by atoms with E-state index in [9.17, 15) is 14.4 Å². The van der Waals surface area contributed by atoms with Gasteiger partial charge in [-0.25, -0.2) is 9.97 Å². The standard InChI is InChI=1S/C14H20N8O3/c15-10(1-8-3-17-6-20-8)13(24)22-11(2-9-4-18-7-21-9)14(25)19-5-12(16)23/h3-4,6-7,10-11H,1-2,5,15H2,(H2,16,23)(H,17,20)(H,18,21)(H,19,25)(H,22,24).